The predicted octanol–water partition coefficient (Wildman–Crippen LogP) is 4.77. The second-order valence-electron chi connectivity index (χ2n) is 9.73. The van der Waals surface area contributed by atoms with E-state index in [0.717, 1.165) is 24.7 Å². The van der Waals surface area contributed by atoms with Gasteiger partial charge in [-0.1, -0.05) is 48.0 Å². The van der Waals surface area contributed by atoms with Gasteiger partial charge in [-0.05, 0) is 42.0 Å². The number of carbonyl (C=O) groups excluding carboxylic acids is 2. The molecule has 2 aliphatic heterocycles. The first-order chi connectivity index (χ1) is 19.4. The van der Waals surface area contributed by atoms with E-state index in [0.29, 0.717) is 42.5 Å². The van der Waals surface area contributed by atoms with Crippen molar-refractivity contribution in [3.8, 4) is 0 Å². The molecular weight excluding hydrogens is 538 g/mol. The zero-order valence-electron chi connectivity index (χ0n) is 21.8. The van der Waals surface area contributed by atoms with E-state index in [1.807, 2.05) is 0 Å². The molecular formula is C30H29ClF2N4O3. The van der Waals surface area contributed by atoms with Gasteiger partial charge in [0.25, 0.3) is 11.8 Å². The molecule has 2 amide bonds. The number of morpholine rings is 1. The molecule has 208 valence electrons. The molecule has 1 saturated heterocycles. The molecule has 1 fully saturated rings. The molecule has 0 radical (unpaired) electrons. The number of halogens is 3. The van der Waals surface area contributed by atoms with Gasteiger partial charge in [-0.15, -0.1) is 0 Å². The van der Waals surface area contributed by atoms with E-state index in [4.69, 9.17) is 16.3 Å². The van der Waals surface area contributed by atoms with Crippen LogP contribution in [0.1, 0.15) is 33.9 Å². The summed E-state index contributed by atoms with van der Waals surface area (Å²) in [5, 5.41) is 6.42. The van der Waals surface area contributed by atoms with Gasteiger partial charge in [0.1, 0.15) is 18.2 Å². The van der Waals surface area contributed by atoms with Gasteiger partial charge in [0.2, 0.25) is 0 Å². The van der Waals surface area contributed by atoms with Crippen LogP contribution in [0.4, 0.5) is 8.78 Å². The first-order valence-corrected chi connectivity index (χ1v) is 13.5. The van der Waals surface area contributed by atoms with Crippen molar-refractivity contribution in [3.05, 3.63) is 106 Å². The number of nitrogens with zero attached hydrogens (tertiary/aromatic N) is 4. The SMILES string of the molecule is O=C(c1cccc(F)c1)N(CCN1CCOCC1)CC(=O)N1N=C(c2ccccc2F)C[C@H]1c1ccc(Cl)cc1. The lowest BCUT2D eigenvalue weighted by atomic mass is 9.98. The highest BCUT2D eigenvalue weighted by Gasteiger charge is 2.35. The Kier molecular flexibility index (Phi) is 8.84. The van der Waals surface area contributed by atoms with Crippen LogP contribution >= 0.6 is 11.6 Å². The van der Waals surface area contributed by atoms with Crippen molar-refractivity contribution >= 4 is 29.1 Å². The van der Waals surface area contributed by atoms with E-state index in [2.05, 4.69) is 10.0 Å². The number of carbonyl (C=O) groups is 2. The van der Waals surface area contributed by atoms with Gasteiger partial charge in [-0.2, -0.15) is 5.10 Å². The van der Waals surface area contributed by atoms with Crippen molar-refractivity contribution < 1.29 is 23.1 Å². The summed E-state index contributed by atoms with van der Waals surface area (Å²) in [4.78, 5) is 30.9. The van der Waals surface area contributed by atoms with Crippen molar-refractivity contribution in [2.24, 2.45) is 5.10 Å². The highest BCUT2D eigenvalue weighted by Crippen LogP contribution is 2.34. The fourth-order valence-corrected chi connectivity index (χ4v) is 5.05. The Bertz CT molecular complexity index is 1400. The third kappa shape index (κ3) is 6.55. The van der Waals surface area contributed by atoms with Crippen molar-refractivity contribution in [2.45, 2.75) is 12.5 Å². The topological polar surface area (TPSA) is 65.5 Å². The third-order valence-electron chi connectivity index (χ3n) is 7.08. The van der Waals surface area contributed by atoms with Crippen LogP contribution in [0.2, 0.25) is 5.02 Å². The number of rotatable bonds is 8. The van der Waals surface area contributed by atoms with Crippen molar-refractivity contribution in [1.29, 1.82) is 0 Å². The fourth-order valence-electron chi connectivity index (χ4n) is 4.92. The van der Waals surface area contributed by atoms with Crippen molar-refractivity contribution in [2.75, 3.05) is 45.9 Å². The van der Waals surface area contributed by atoms with Gasteiger partial charge in [0.05, 0.1) is 25.0 Å². The zero-order chi connectivity index (χ0) is 28.1. The molecule has 0 aliphatic carbocycles. The molecule has 0 bridgehead atoms. The molecule has 3 aromatic carbocycles. The molecule has 0 saturated carbocycles. The minimum atomic E-state index is -0.535. The molecule has 0 aromatic heterocycles. The minimum absolute atomic E-state index is 0.154. The lowest BCUT2D eigenvalue weighted by Crippen LogP contribution is -2.46. The maximum Gasteiger partial charge on any atom is 0.262 e. The predicted molar refractivity (Wildman–Crippen MR) is 148 cm³/mol. The van der Waals surface area contributed by atoms with Crippen LogP contribution in [0, 0.1) is 11.6 Å². The quantitative estimate of drug-likeness (QED) is 0.394. The number of benzene rings is 3. The standard InChI is InChI=1S/C30H29ClF2N4O3/c31-23-10-8-21(9-11-23)28-19-27(25-6-1-2-7-26(25)33)34-37(28)29(38)20-36(13-12-35-14-16-40-17-15-35)30(39)22-4-3-5-24(32)18-22/h1-11,18,28H,12-17,19-20H2/t28-/m0/s1. The Hall–Kier alpha value is -3.66. The van der Waals surface area contributed by atoms with Crippen LogP contribution in [0.5, 0.6) is 0 Å². The molecule has 2 aliphatic rings. The van der Waals surface area contributed by atoms with E-state index >= 15 is 0 Å². The van der Waals surface area contributed by atoms with E-state index < -0.39 is 29.5 Å². The summed E-state index contributed by atoms with van der Waals surface area (Å²) in [6, 6.07) is 18.3. The van der Waals surface area contributed by atoms with Crippen LogP contribution in [0.15, 0.2) is 77.9 Å². The molecule has 0 spiro atoms. The number of hydrazone groups is 1. The van der Waals surface area contributed by atoms with Crippen molar-refractivity contribution in [3.63, 3.8) is 0 Å². The lowest BCUT2D eigenvalue weighted by molar-refractivity contribution is -0.133. The lowest BCUT2D eigenvalue weighted by Gasteiger charge is -2.31. The third-order valence-corrected chi connectivity index (χ3v) is 7.33. The molecule has 0 N–H and O–H groups in total. The second kappa shape index (κ2) is 12.7. The first kappa shape index (κ1) is 27.9. The maximum absolute atomic E-state index is 14.7. The highest BCUT2D eigenvalue weighted by atomic mass is 35.5. The molecule has 3 aromatic rings. The molecule has 0 unspecified atom stereocenters. The van der Waals surface area contributed by atoms with Gasteiger partial charge in [0.15, 0.2) is 0 Å². The molecule has 1 atom stereocenters. The van der Waals surface area contributed by atoms with E-state index in [1.54, 1.807) is 42.5 Å². The zero-order valence-corrected chi connectivity index (χ0v) is 22.6. The maximum atomic E-state index is 14.7. The normalized spacial score (nSPS) is 17.5. The monoisotopic (exact) mass is 566 g/mol. The summed E-state index contributed by atoms with van der Waals surface area (Å²) >= 11 is 6.09. The minimum Gasteiger partial charge on any atom is -0.379 e. The van der Waals surface area contributed by atoms with Crippen LogP contribution in [-0.2, 0) is 9.53 Å². The van der Waals surface area contributed by atoms with Gasteiger partial charge in [-0.25, -0.2) is 13.8 Å². The Morgan fingerprint density at radius 1 is 1.00 bits per heavy atom. The summed E-state index contributed by atoms with van der Waals surface area (Å²) in [6.45, 7) is 3.14. The largest absolute Gasteiger partial charge is 0.379 e. The smallest absolute Gasteiger partial charge is 0.262 e. The molecule has 7 nitrogen and oxygen atoms in total. The van der Waals surface area contributed by atoms with Gasteiger partial charge in [-0.3, -0.25) is 14.5 Å². The summed E-state index contributed by atoms with van der Waals surface area (Å²) in [7, 11) is 0. The molecule has 10 heteroatoms. The van der Waals surface area contributed by atoms with Gasteiger partial charge >= 0.3 is 0 Å². The number of hydrogen-bond donors (Lipinski definition) is 0. The first-order valence-electron chi connectivity index (χ1n) is 13.1. The number of amides is 2. The Morgan fingerprint density at radius 2 is 1.75 bits per heavy atom. The Morgan fingerprint density at radius 3 is 2.48 bits per heavy atom. The number of hydrogen-bond acceptors (Lipinski definition) is 5. The summed E-state index contributed by atoms with van der Waals surface area (Å²) in [5.74, 6) is -1.86. The van der Waals surface area contributed by atoms with E-state index in [9.17, 15) is 18.4 Å². The molecule has 5 rings (SSSR count). The highest BCUT2D eigenvalue weighted by molar-refractivity contribution is 6.30. The van der Waals surface area contributed by atoms with E-state index in [1.165, 1.54) is 34.2 Å². The van der Waals surface area contributed by atoms with Crippen LogP contribution in [0.3, 0.4) is 0 Å². The average Bonchev–Trinajstić information content (AvgIpc) is 3.41. The average molecular weight is 567 g/mol. The fraction of sp³-hybridized carbons (Fsp3) is 0.300. The molecule has 2 heterocycles. The second-order valence-corrected chi connectivity index (χ2v) is 10.2. The van der Waals surface area contributed by atoms with Gasteiger partial charge < -0.3 is 9.64 Å². The van der Waals surface area contributed by atoms with Crippen molar-refractivity contribution in [1.82, 2.24) is 14.8 Å². The number of ether oxygens (including phenoxy) is 1. The van der Waals surface area contributed by atoms with Gasteiger partial charge in [0, 0.05) is 48.7 Å². The summed E-state index contributed by atoms with van der Waals surface area (Å²) < 4.78 is 34.0. The molecule has 40 heavy (non-hydrogen) atoms. The van der Waals surface area contributed by atoms with Crippen LogP contribution in [-0.4, -0.2) is 78.3 Å². The van der Waals surface area contributed by atoms with Crippen LogP contribution < -0.4 is 0 Å². The summed E-state index contributed by atoms with van der Waals surface area (Å²) in [6.07, 6.45) is 0.292. The summed E-state index contributed by atoms with van der Waals surface area (Å²) in [5.41, 5.74) is 1.68. The van der Waals surface area contributed by atoms with E-state index in [-0.39, 0.29) is 18.7 Å². The Labute approximate surface area is 236 Å². The van der Waals surface area contributed by atoms with Crippen LogP contribution in [0.25, 0.3) is 0 Å². The Balaban J connectivity index is 1.42.